The van der Waals surface area contributed by atoms with Crippen molar-refractivity contribution in [3.05, 3.63) is 59.0 Å². The maximum atomic E-state index is 11.9. The van der Waals surface area contributed by atoms with E-state index in [1.165, 1.54) is 12.1 Å². The molecule has 0 saturated heterocycles. The first-order chi connectivity index (χ1) is 8.75. The molecule has 1 N–H and O–H groups in total. The highest BCUT2D eigenvalue weighted by molar-refractivity contribution is 5.83. The summed E-state index contributed by atoms with van der Waals surface area (Å²) < 4.78 is 5.58. The van der Waals surface area contributed by atoms with Gasteiger partial charge in [0.1, 0.15) is 5.76 Å². The van der Waals surface area contributed by atoms with Gasteiger partial charge in [-0.15, -0.1) is 0 Å². The number of rotatable bonds is 1. The topological polar surface area (TPSA) is 63.3 Å². The zero-order valence-corrected chi connectivity index (χ0v) is 9.33. The second kappa shape index (κ2) is 4.00. The number of phenols is 1. The monoisotopic (exact) mass is 239 g/mol. The van der Waals surface area contributed by atoms with Gasteiger partial charge in [-0.2, -0.15) is 0 Å². The normalized spacial score (nSPS) is 10.7. The minimum absolute atomic E-state index is 0.0412. The van der Waals surface area contributed by atoms with Crippen LogP contribution in [-0.4, -0.2) is 10.1 Å². The molecule has 0 saturated carbocycles. The summed E-state index contributed by atoms with van der Waals surface area (Å²) in [6.45, 7) is 0. The molecule has 4 nitrogen and oxygen atoms in total. The second-order valence-electron chi connectivity index (χ2n) is 3.86. The number of hydrogen-bond acceptors (Lipinski definition) is 4. The molecule has 3 aromatic rings. The SMILES string of the molecule is O=c1cc(-c2ccncc2)oc2c(O)cccc12. The highest BCUT2D eigenvalue weighted by atomic mass is 16.4. The van der Waals surface area contributed by atoms with E-state index in [4.69, 9.17) is 4.42 Å². The van der Waals surface area contributed by atoms with Crippen LogP contribution in [0.2, 0.25) is 0 Å². The summed E-state index contributed by atoms with van der Waals surface area (Å²) >= 11 is 0. The summed E-state index contributed by atoms with van der Waals surface area (Å²) in [5, 5.41) is 10.1. The van der Waals surface area contributed by atoms with Crippen LogP contribution in [0, 0.1) is 0 Å². The second-order valence-corrected chi connectivity index (χ2v) is 3.86. The average molecular weight is 239 g/mol. The zero-order valence-electron chi connectivity index (χ0n) is 9.33. The van der Waals surface area contributed by atoms with Crippen LogP contribution < -0.4 is 5.43 Å². The predicted octanol–water partition coefficient (Wildman–Crippen LogP) is 2.56. The van der Waals surface area contributed by atoms with Crippen LogP contribution in [0.5, 0.6) is 5.75 Å². The first kappa shape index (κ1) is 10.5. The third-order valence-electron chi connectivity index (χ3n) is 2.70. The van der Waals surface area contributed by atoms with Crippen molar-refractivity contribution in [3.8, 4) is 17.1 Å². The van der Waals surface area contributed by atoms with E-state index in [1.54, 1.807) is 36.7 Å². The molecule has 4 heteroatoms. The smallest absolute Gasteiger partial charge is 0.193 e. The van der Waals surface area contributed by atoms with Crippen molar-refractivity contribution < 1.29 is 9.52 Å². The van der Waals surface area contributed by atoms with E-state index in [9.17, 15) is 9.90 Å². The molecule has 18 heavy (non-hydrogen) atoms. The molecule has 0 atom stereocenters. The van der Waals surface area contributed by atoms with Gasteiger partial charge in [-0.05, 0) is 24.3 Å². The summed E-state index contributed by atoms with van der Waals surface area (Å²) in [6.07, 6.45) is 3.23. The van der Waals surface area contributed by atoms with E-state index in [0.29, 0.717) is 11.1 Å². The largest absolute Gasteiger partial charge is 0.504 e. The average Bonchev–Trinajstić information content (AvgIpc) is 2.41. The van der Waals surface area contributed by atoms with Crippen molar-refractivity contribution >= 4 is 11.0 Å². The summed E-state index contributed by atoms with van der Waals surface area (Å²) in [6, 6.07) is 9.62. The van der Waals surface area contributed by atoms with Gasteiger partial charge < -0.3 is 9.52 Å². The van der Waals surface area contributed by atoms with E-state index in [2.05, 4.69) is 4.98 Å². The van der Waals surface area contributed by atoms with E-state index in [0.717, 1.165) is 5.56 Å². The number of benzene rings is 1. The molecule has 0 amide bonds. The maximum absolute atomic E-state index is 11.9. The number of para-hydroxylation sites is 1. The molecule has 0 aliphatic rings. The fraction of sp³-hybridized carbons (Fsp3) is 0. The predicted molar refractivity (Wildman–Crippen MR) is 67.4 cm³/mol. The van der Waals surface area contributed by atoms with Gasteiger partial charge in [-0.1, -0.05) is 6.07 Å². The Balaban J connectivity index is 2.34. The van der Waals surface area contributed by atoms with Gasteiger partial charge in [-0.25, -0.2) is 0 Å². The maximum Gasteiger partial charge on any atom is 0.193 e. The number of phenolic OH excluding ortho intramolecular Hbond substituents is 1. The van der Waals surface area contributed by atoms with Crippen molar-refractivity contribution in [2.75, 3.05) is 0 Å². The summed E-state index contributed by atoms with van der Waals surface area (Å²) in [5.74, 6) is 0.372. The molecule has 0 unspecified atom stereocenters. The number of aromatic hydroxyl groups is 1. The Morgan fingerprint density at radius 1 is 1.11 bits per heavy atom. The lowest BCUT2D eigenvalue weighted by Crippen LogP contribution is -2.00. The minimum Gasteiger partial charge on any atom is -0.504 e. The fourth-order valence-corrected chi connectivity index (χ4v) is 1.82. The lowest BCUT2D eigenvalue weighted by Gasteiger charge is -2.03. The number of nitrogens with zero attached hydrogens (tertiary/aromatic N) is 1. The van der Waals surface area contributed by atoms with E-state index in [-0.39, 0.29) is 16.8 Å². The van der Waals surface area contributed by atoms with Gasteiger partial charge in [0.2, 0.25) is 0 Å². The minimum atomic E-state index is -0.182. The molecule has 88 valence electrons. The highest BCUT2D eigenvalue weighted by Crippen LogP contribution is 2.26. The highest BCUT2D eigenvalue weighted by Gasteiger charge is 2.09. The Kier molecular flexibility index (Phi) is 2.34. The molecule has 1 aromatic carbocycles. The molecule has 0 aliphatic heterocycles. The Bertz CT molecular complexity index is 763. The van der Waals surface area contributed by atoms with Crippen LogP contribution in [0.4, 0.5) is 0 Å². The number of hydrogen-bond donors (Lipinski definition) is 1. The first-order valence-corrected chi connectivity index (χ1v) is 5.42. The summed E-state index contributed by atoms with van der Waals surface area (Å²) in [4.78, 5) is 15.8. The van der Waals surface area contributed by atoms with Crippen LogP contribution >= 0.6 is 0 Å². The van der Waals surface area contributed by atoms with Gasteiger partial charge >= 0.3 is 0 Å². The molecule has 0 radical (unpaired) electrons. The number of fused-ring (bicyclic) bond motifs is 1. The Hall–Kier alpha value is -2.62. The van der Waals surface area contributed by atoms with E-state index < -0.39 is 0 Å². The Labute approximate surface area is 102 Å². The lowest BCUT2D eigenvalue weighted by molar-refractivity contribution is 0.464. The Morgan fingerprint density at radius 3 is 2.67 bits per heavy atom. The third kappa shape index (κ3) is 1.64. The molecule has 0 spiro atoms. The Morgan fingerprint density at radius 2 is 1.89 bits per heavy atom. The molecule has 2 aromatic heterocycles. The first-order valence-electron chi connectivity index (χ1n) is 5.42. The summed E-state index contributed by atoms with van der Waals surface area (Å²) in [7, 11) is 0. The van der Waals surface area contributed by atoms with Crippen LogP contribution in [0.15, 0.2) is 58.0 Å². The quantitative estimate of drug-likeness (QED) is 0.708. The molecule has 0 bridgehead atoms. The van der Waals surface area contributed by atoms with Gasteiger partial charge in [0, 0.05) is 24.0 Å². The van der Waals surface area contributed by atoms with Crippen molar-refractivity contribution in [1.82, 2.24) is 4.98 Å². The lowest BCUT2D eigenvalue weighted by atomic mass is 10.1. The van der Waals surface area contributed by atoms with Gasteiger partial charge in [0.25, 0.3) is 0 Å². The number of aromatic nitrogens is 1. The van der Waals surface area contributed by atoms with Crippen molar-refractivity contribution in [2.45, 2.75) is 0 Å². The molecular formula is C14H9NO3. The van der Waals surface area contributed by atoms with Crippen LogP contribution in [0.25, 0.3) is 22.3 Å². The molecule has 0 fully saturated rings. The van der Waals surface area contributed by atoms with Gasteiger partial charge in [0.05, 0.1) is 5.39 Å². The summed E-state index contributed by atoms with van der Waals surface area (Å²) in [5.41, 5.74) is 0.767. The van der Waals surface area contributed by atoms with Crippen molar-refractivity contribution in [1.29, 1.82) is 0 Å². The van der Waals surface area contributed by atoms with Gasteiger partial charge in [-0.3, -0.25) is 9.78 Å². The number of pyridine rings is 1. The standard InChI is InChI=1S/C14H9NO3/c16-11-3-1-2-10-12(17)8-13(18-14(10)11)9-4-6-15-7-5-9/h1-8,16H. The fourth-order valence-electron chi connectivity index (χ4n) is 1.82. The van der Waals surface area contributed by atoms with Crippen molar-refractivity contribution in [3.63, 3.8) is 0 Å². The van der Waals surface area contributed by atoms with Gasteiger partial charge in [0.15, 0.2) is 16.8 Å². The molecule has 2 heterocycles. The molecule has 0 aliphatic carbocycles. The van der Waals surface area contributed by atoms with E-state index in [1.807, 2.05) is 0 Å². The molecular weight excluding hydrogens is 230 g/mol. The van der Waals surface area contributed by atoms with Crippen LogP contribution in [-0.2, 0) is 0 Å². The molecule has 3 rings (SSSR count). The van der Waals surface area contributed by atoms with Crippen molar-refractivity contribution in [2.24, 2.45) is 0 Å². The van der Waals surface area contributed by atoms with Crippen LogP contribution in [0.3, 0.4) is 0 Å². The zero-order chi connectivity index (χ0) is 12.5. The third-order valence-corrected chi connectivity index (χ3v) is 2.70. The van der Waals surface area contributed by atoms with E-state index >= 15 is 0 Å². The van der Waals surface area contributed by atoms with Crippen LogP contribution in [0.1, 0.15) is 0 Å².